The number of nitrogens with zero attached hydrogens (tertiary/aromatic N) is 3. The van der Waals surface area contributed by atoms with Gasteiger partial charge in [-0.15, -0.1) is 0 Å². The number of hydrogen-bond donors (Lipinski definition) is 1. The quantitative estimate of drug-likeness (QED) is 0.629. The lowest BCUT2D eigenvalue weighted by Crippen LogP contribution is -2.00. The molecule has 4 nitrogen and oxygen atoms in total. The molecule has 4 heteroatoms. The smallest absolute Gasteiger partial charge is 0.164 e. The van der Waals surface area contributed by atoms with Gasteiger partial charge in [0.05, 0.1) is 12.6 Å². The molecule has 1 aliphatic carbocycles. The third-order valence-electron chi connectivity index (χ3n) is 1.66. The van der Waals surface area contributed by atoms with Gasteiger partial charge in [0.2, 0.25) is 0 Å². The van der Waals surface area contributed by atoms with E-state index in [0.29, 0.717) is 12.6 Å². The lowest BCUT2D eigenvalue weighted by Gasteiger charge is -1.90. The van der Waals surface area contributed by atoms with E-state index < -0.39 is 0 Å². The van der Waals surface area contributed by atoms with Crippen LogP contribution in [0, 0.1) is 0 Å². The first-order valence-electron chi connectivity index (χ1n) is 3.50. The first-order chi connectivity index (χ1) is 4.90. The minimum atomic E-state index is 0.444. The molecule has 54 valence electrons. The van der Waals surface area contributed by atoms with Crippen molar-refractivity contribution in [2.75, 3.05) is 0 Å². The summed E-state index contributed by atoms with van der Waals surface area (Å²) in [5, 5.41) is 4.17. The zero-order valence-corrected chi connectivity index (χ0v) is 5.70. The Labute approximate surface area is 59.1 Å². The van der Waals surface area contributed by atoms with Crippen LogP contribution >= 0.6 is 0 Å². The predicted molar refractivity (Wildman–Crippen MR) is 36.2 cm³/mol. The molecule has 0 aliphatic heterocycles. The summed E-state index contributed by atoms with van der Waals surface area (Å²) in [5.74, 6) is 0.743. The molecule has 1 heterocycles. The zero-order chi connectivity index (χ0) is 6.97. The van der Waals surface area contributed by atoms with Gasteiger partial charge < -0.3 is 5.73 Å². The molecular formula is C6H10N4. The summed E-state index contributed by atoms with van der Waals surface area (Å²) >= 11 is 0. The average molecular weight is 138 g/mol. The zero-order valence-electron chi connectivity index (χ0n) is 5.70. The summed E-state index contributed by atoms with van der Waals surface area (Å²) in [5.41, 5.74) is 5.35. The van der Waals surface area contributed by atoms with Crippen LogP contribution in [0.3, 0.4) is 0 Å². The molecule has 0 radical (unpaired) electrons. The molecule has 0 atom stereocenters. The van der Waals surface area contributed by atoms with Gasteiger partial charge in [-0.1, -0.05) is 0 Å². The molecule has 1 fully saturated rings. The lowest BCUT2D eigenvalue weighted by molar-refractivity contribution is 0.629. The van der Waals surface area contributed by atoms with Crippen LogP contribution in [0.15, 0.2) is 6.33 Å². The SMILES string of the molecule is NCc1ncn(C2CC2)n1. The van der Waals surface area contributed by atoms with Crippen molar-refractivity contribution in [2.24, 2.45) is 5.73 Å². The highest BCUT2D eigenvalue weighted by molar-refractivity contribution is 4.86. The number of aromatic nitrogens is 3. The van der Waals surface area contributed by atoms with Gasteiger partial charge in [-0.3, -0.25) is 0 Å². The van der Waals surface area contributed by atoms with Crippen LogP contribution in [0.2, 0.25) is 0 Å². The monoisotopic (exact) mass is 138 g/mol. The topological polar surface area (TPSA) is 56.7 Å². The van der Waals surface area contributed by atoms with Crippen molar-refractivity contribution in [2.45, 2.75) is 25.4 Å². The van der Waals surface area contributed by atoms with Gasteiger partial charge in [-0.05, 0) is 12.8 Å². The van der Waals surface area contributed by atoms with Crippen LogP contribution in [0.4, 0.5) is 0 Å². The molecule has 1 aromatic heterocycles. The minimum Gasteiger partial charge on any atom is -0.324 e. The highest BCUT2D eigenvalue weighted by Gasteiger charge is 2.24. The molecule has 0 amide bonds. The Balaban J connectivity index is 2.19. The number of hydrogen-bond acceptors (Lipinski definition) is 3. The molecule has 0 bridgehead atoms. The van der Waals surface area contributed by atoms with E-state index in [1.54, 1.807) is 6.33 Å². The average Bonchev–Trinajstić information content (AvgIpc) is 2.70. The minimum absolute atomic E-state index is 0.444. The van der Waals surface area contributed by atoms with Gasteiger partial charge in [-0.2, -0.15) is 5.10 Å². The van der Waals surface area contributed by atoms with E-state index in [0.717, 1.165) is 5.82 Å². The Kier molecular flexibility index (Phi) is 1.20. The Morgan fingerprint density at radius 3 is 3.00 bits per heavy atom. The van der Waals surface area contributed by atoms with Crippen LogP contribution < -0.4 is 5.73 Å². The maximum Gasteiger partial charge on any atom is 0.164 e. The van der Waals surface area contributed by atoms with Gasteiger partial charge >= 0.3 is 0 Å². The molecule has 1 saturated carbocycles. The second kappa shape index (κ2) is 2.05. The molecule has 0 unspecified atom stereocenters. The van der Waals surface area contributed by atoms with Gasteiger partial charge in [-0.25, -0.2) is 9.67 Å². The van der Waals surface area contributed by atoms with E-state index in [-0.39, 0.29) is 0 Å². The van der Waals surface area contributed by atoms with Gasteiger partial charge in [0, 0.05) is 0 Å². The van der Waals surface area contributed by atoms with Gasteiger partial charge in [0.15, 0.2) is 5.82 Å². The molecule has 1 aromatic rings. The first-order valence-corrected chi connectivity index (χ1v) is 3.50. The molecule has 0 saturated heterocycles. The highest BCUT2D eigenvalue weighted by atomic mass is 15.4. The molecular weight excluding hydrogens is 128 g/mol. The summed E-state index contributed by atoms with van der Waals surface area (Å²) < 4.78 is 1.90. The second-order valence-electron chi connectivity index (χ2n) is 2.58. The number of nitrogens with two attached hydrogens (primary N) is 1. The standard InChI is InChI=1S/C6H10N4/c7-3-6-8-4-10(9-6)5-1-2-5/h4-5H,1-3,7H2. The van der Waals surface area contributed by atoms with Crippen LogP contribution in [0.25, 0.3) is 0 Å². The Morgan fingerprint density at radius 1 is 1.70 bits per heavy atom. The number of rotatable bonds is 2. The molecule has 1 aliphatic rings. The third-order valence-corrected chi connectivity index (χ3v) is 1.66. The highest BCUT2D eigenvalue weighted by Crippen LogP contribution is 2.33. The van der Waals surface area contributed by atoms with E-state index in [1.165, 1.54) is 12.8 Å². The maximum absolute atomic E-state index is 5.35. The van der Waals surface area contributed by atoms with Crippen molar-refractivity contribution in [3.63, 3.8) is 0 Å². The van der Waals surface area contributed by atoms with E-state index in [1.807, 2.05) is 4.68 Å². The van der Waals surface area contributed by atoms with E-state index in [9.17, 15) is 0 Å². The van der Waals surface area contributed by atoms with Crippen LogP contribution in [-0.4, -0.2) is 14.8 Å². The fourth-order valence-electron chi connectivity index (χ4n) is 0.919. The summed E-state index contributed by atoms with van der Waals surface area (Å²) in [4.78, 5) is 4.02. The Hall–Kier alpha value is -0.900. The molecule has 0 aromatic carbocycles. The van der Waals surface area contributed by atoms with Gasteiger partial charge in [0.25, 0.3) is 0 Å². The van der Waals surface area contributed by atoms with Crippen molar-refractivity contribution in [1.29, 1.82) is 0 Å². The van der Waals surface area contributed by atoms with Crippen LogP contribution in [-0.2, 0) is 6.54 Å². The predicted octanol–water partition coefficient (Wildman–Crippen LogP) is 0.0717. The molecule has 0 spiro atoms. The van der Waals surface area contributed by atoms with Crippen LogP contribution in [0.1, 0.15) is 24.7 Å². The van der Waals surface area contributed by atoms with Crippen molar-refractivity contribution in [3.05, 3.63) is 12.2 Å². The van der Waals surface area contributed by atoms with Crippen molar-refractivity contribution in [1.82, 2.24) is 14.8 Å². The normalized spacial score (nSPS) is 17.7. The fraction of sp³-hybridized carbons (Fsp3) is 0.667. The summed E-state index contributed by atoms with van der Waals surface area (Å²) in [7, 11) is 0. The molecule has 2 N–H and O–H groups in total. The Morgan fingerprint density at radius 2 is 2.50 bits per heavy atom. The van der Waals surface area contributed by atoms with Crippen molar-refractivity contribution < 1.29 is 0 Å². The van der Waals surface area contributed by atoms with Crippen molar-refractivity contribution in [3.8, 4) is 0 Å². The third kappa shape index (κ3) is 0.903. The molecule has 2 rings (SSSR count). The first kappa shape index (κ1) is 5.85. The van der Waals surface area contributed by atoms with Crippen LogP contribution in [0.5, 0.6) is 0 Å². The summed E-state index contributed by atoms with van der Waals surface area (Å²) in [6, 6.07) is 0.618. The van der Waals surface area contributed by atoms with E-state index in [2.05, 4.69) is 10.1 Å². The fourth-order valence-corrected chi connectivity index (χ4v) is 0.919. The largest absolute Gasteiger partial charge is 0.324 e. The van der Waals surface area contributed by atoms with E-state index >= 15 is 0 Å². The molecule has 10 heavy (non-hydrogen) atoms. The second-order valence-corrected chi connectivity index (χ2v) is 2.58. The summed E-state index contributed by atoms with van der Waals surface area (Å²) in [6.07, 6.45) is 4.25. The lowest BCUT2D eigenvalue weighted by atomic mass is 10.6. The van der Waals surface area contributed by atoms with Gasteiger partial charge in [0.1, 0.15) is 6.33 Å². The van der Waals surface area contributed by atoms with Crippen molar-refractivity contribution >= 4 is 0 Å². The van der Waals surface area contributed by atoms with E-state index in [4.69, 9.17) is 5.73 Å². The maximum atomic E-state index is 5.35. The Bertz CT molecular complexity index is 225. The summed E-state index contributed by atoms with van der Waals surface area (Å²) in [6.45, 7) is 0.444.